The standard InChI is InChI=1S/C28H28GeN2O/c1-3-16-29(17-4-2)23-13-12-20(25-10-7-8-18-30-25)19-22(23)28-24(29)14-15-26(31-28)21-9-5-6-11-27(21)32/h5-15,18-19,32H,3-4,16-17H2,1-2H3. The number of fused-ring (bicyclic) bond motifs is 3. The first-order valence-electron chi connectivity index (χ1n) is 11.5. The van der Waals surface area contributed by atoms with Crippen LogP contribution in [0.4, 0.5) is 0 Å². The van der Waals surface area contributed by atoms with Gasteiger partial charge in [0.2, 0.25) is 0 Å². The van der Waals surface area contributed by atoms with E-state index in [4.69, 9.17) is 4.98 Å². The van der Waals surface area contributed by atoms with E-state index in [-0.39, 0.29) is 5.75 Å². The zero-order valence-corrected chi connectivity index (χ0v) is 20.8. The minimum absolute atomic E-state index is 0.273. The van der Waals surface area contributed by atoms with E-state index in [0.717, 1.165) is 28.2 Å². The Morgan fingerprint density at radius 1 is 0.750 bits per heavy atom. The molecule has 0 atom stereocenters. The van der Waals surface area contributed by atoms with E-state index in [9.17, 15) is 5.11 Å². The predicted octanol–water partition coefficient (Wildman–Crippen LogP) is 5.88. The van der Waals surface area contributed by atoms with Crippen LogP contribution in [0.1, 0.15) is 26.7 Å². The number of nitrogens with zero attached hydrogens (tertiary/aromatic N) is 2. The van der Waals surface area contributed by atoms with Crippen LogP contribution in [-0.4, -0.2) is 28.3 Å². The number of aromatic nitrogens is 2. The van der Waals surface area contributed by atoms with Crippen LogP contribution in [0, 0.1) is 0 Å². The Balaban J connectivity index is 1.75. The maximum absolute atomic E-state index is 10.4. The van der Waals surface area contributed by atoms with Gasteiger partial charge in [-0.1, -0.05) is 0 Å². The molecule has 1 N–H and O–H groups in total. The minimum atomic E-state index is -2.53. The summed E-state index contributed by atoms with van der Waals surface area (Å²) in [5.41, 5.74) is 6.15. The second-order valence-electron chi connectivity index (χ2n) is 8.67. The molecule has 160 valence electrons. The van der Waals surface area contributed by atoms with Gasteiger partial charge in [0, 0.05) is 0 Å². The molecule has 1 aliphatic heterocycles. The van der Waals surface area contributed by atoms with Crippen LogP contribution in [0.5, 0.6) is 5.75 Å². The fraction of sp³-hybridized carbons (Fsp3) is 0.214. The van der Waals surface area contributed by atoms with Gasteiger partial charge in [0.15, 0.2) is 0 Å². The summed E-state index contributed by atoms with van der Waals surface area (Å²) in [6.45, 7) is 4.62. The van der Waals surface area contributed by atoms with Gasteiger partial charge in [-0.25, -0.2) is 0 Å². The zero-order valence-electron chi connectivity index (χ0n) is 18.7. The Morgan fingerprint density at radius 2 is 1.50 bits per heavy atom. The molecule has 0 bridgehead atoms. The molecule has 32 heavy (non-hydrogen) atoms. The van der Waals surface area contributed by atoms with Crippen LogP contribution in [-0.2, 0) is 0 Å². The van der Waals surface area contributed by atoms with Crippen molar-refractivity contribution in [3.05, 3.63) is 79.0 Å². The summed E-state index contributed by atoms with van der Waals surface area (Å²) in [4.78, 5) is 9.76. The number of aromatic hydroxyl groups is 1. The molecule has 4 aromatic rings. The molecule has 0 fully saturated rings. The SMILES string of the molecule is CC[CH2][Ge]1([CH2]CC)[c]2ccc(-c3ccccn3)cc2-c2nc(-c3ccccc3O)cc[c]21. The van der Waals surface area contributed by atoms with E-state index in [0.29, 0.717) is 0 Å². The van der Waals surface area contributed by atoms with Crippen LogP contribution < -0.4 is 8.79 Å². The van der Waals surface area contributed by atoms with Gasteiger partial charge in [-0.05, 0) is 0 Å². The van der Waals surface area contributed by atoms with Gasteiger partial charge < -0.3 is 0 Å². The fourth-order valence-corrected chi connectivity index (χ4v) is 16.9. The van der Waals surface area contributed by atoms with Crippen molar-refractivity contribution in [3.63, 3.8) is 0 Å². The molecule has 0 saturated carbocycles. The predicted molar refractivity (Wildman–Crippen MR) is 135 cm³/mol. The Hall–Kier alpha value is -2.92. The van der Waals surface area contributed by atoms with Gasteiger partial charge in [0.25, 0.3) is 0 Å². The Morgan fingerprint density at radius 3 is 2.22 bits per heavy atom. The Bertz CT molecular complexity index is 1260. The van der Waals surface area contributed by atoms with Crippen molar-refractivity contribution in [2.24, 2.45) is 0 Å². The van der Waals surface area contributed by atoms with E-state index < -0.39 is 13.3 Å². The van der Waals surface area contributed by atoms with Gasteiger partial charge in [0.1, 0.15) is 0 Å². The second kappa shape index (κ2) is 8.55. The van der Waals surface area contributed by atoms with Crippen molar-refractivity contribution >= 4 is 22.1 Å². The number of rotatable bonds is 6. The molecule has 5 rings (SSSR count). The van der Waals surface area contributed by atoms with Crippen LogP contribution in [0.25, 0.3) is 33.8 Å². The summed E-state index contributed by atoms with van der Waals surface area (Å²) in [6.07, 6.45) is 4.24. The third-order valence-electron chi connectivity index (χ3n) is 6.70. The molecule has 0 unspecified atom stereocenters. The molecule has 0 radical (unpaired) electrons. The average Bonchev–Trinajstić information content (AvgIpc) is 3.09. The number of pyridine rings is 2. The van der Waals surface area contributed by atoms with E-state index in [1.165, 1.54) is 33.3 Å². The van der Waals surface area contributed by atoms with Crippen molar-refractivity contribution in [3.8, 4) is 39.5 Å². The number of hydrogen-bond acceptors (Lipinski definition) is 3. The molecule has 3 heterocycles. The molecule has 0 amide bonds. The first-order valence-corrected chi connectivity index (χ1v) is 16.6. The summed E-state index contributed by atoms with van der Waals surface area (Å²) in [5.74, 6) is 0.273. The fourth-order valence-electron chi connectivity index (χ4n) is 5.40. The monoisotopic (exact) mass is 482 g/mol. The normalized spacial score (nSPS) is 13.6. The number of hydrogen-bond donors (Lipinski definition) is 1. The van der Waals surface area contributed by atoms with Crippen LogP contribution in [0.2, 0.25) is 10.5 Å². The number of phenols is 1. The van der Waals surface area contributed by atoms with Gasteiger partial charge in [-0.2, -0.15) is 0 Å². The van der Waals surface area contributed by atoms with Gasteiger partial charge >= 0.3 is 193 Å². The van der Waals surface area contributed by atoms with Crippen LogP contribution in [0.15, 0.2) is 79.0 Å². The summed E-state index contributed by atoms with van der Waals surface area (Å²) in [5, 5.41) is 13.0. The second-order valence-corrected chi connectivity index (χ2v) is 17.6. The van der Waals surface area contributed by atoms with E-state index in [1.54, 1.807) is 10.5 Å². The van der Waals surface area contributed by atoms with Crippen molar-refractivity contribution in [1.82, 2.24) is 9.97 Å². The zero-order chi connectivity index (χ0) is 22.1. The molecular formula is C28H28GeN2O. The molecule has 0 spiro atoms. The third-order valence-corrected chi connectivity index (χ3v) is 18.5. The first-order chi connectivity index (χ1) is 15.7. The molecule has 3 nitrogen and oxygen atoms in total. The van der Waals surface area contributed by atoms with Gasteiger partial charge in [-0.15, -0.1) is 0 Å². The molecular weight excluding hydrogens is 453 g/mol. The van der Waals surface area contributed by atoms with E-state index >= 15 is 0 Å². The number of para-hydroxylation sites is 1. The molecule has 4 heteroatoms. The van der Waals surface area contributed by atoms with Crippen molar-refractivity contribution in [2.45, 2.75) is 37.2 Å². The number of benzene rings is 2. The maximum atomic E-state index is 10.4. The first kappa shape index (κ1) is 21.0. The summed E-state index contributed by atoms with van der Waals surface area (Å²) < 4.78 is 3.06. The van der Waals surface area contributed by atoms with Crippen molar-refractivity contribution < 1.29 is 5.11 Å². The number of phenolic OH excluding ortho intramolecular Hbond substituents is 1. The van der Waals surface area contributed by atoms with Gasteiger partial charge in [-0.3, -0.25) is 0 Å². The Kier molecular flexibility index (Phi) is 5.60. The molecule has 2 aromatic heterocycles. The molecule has 0 saturated heterocycles. The Labute approximate surface area is 192 Å². The van der Waals surface area contributed by atoms with Crippen LogP contribution >= 0.6 is 0 Å². The van der Waals surface area contributed by atoms with Gasteiger partial charge in [0.05, 0.1) is 0 Å². The molecule has 0 aliphatic carbocycles. The molecule has 2 aromatic carbocycles. The van der Waals surface area contributed by atoms with Crippen molar-refractivity contribution in [1.29, 1.82) is 0 Å². The van der Waals surface area contributed by atoms with Crippen molar-refractivity contribution in [2.75, 3.05) is 0 Å². The summed E-state index contributed by atoms with van der Waals surface area (Å²) in [6, 6.07) is 24.9. The summed E-state index contributed by atoms with van der Waals surface area (Å²) >= 11 is -2.53. The summed E-state index contributed by atoms with van der Waals surface area (Å²) in [7, 11) is 0. The van der Waals surface area contributed by atoms with E-state index in [2.05, 4.69) is 55.2 Å². The molecule has 1 aliphatic rings. The average molecular weight is 481 g/mol. The van der Waals surface area contributed by atoms with E-state index in [1.807, 2.05) is 36.5 Å². The third kappa shape index (κ3) is 3.36. The van der Waals surface area contributed by atoms with Crippen LogP contribution in [0.3, 0.4) is 0 Å². The topological polar surface area (TPSA) is 46.0 Å². The quantitative estimate of drug-likeness (QED) is 0.350.